The molecule has 1 aliphatic rings. The van der Waals surface area contributed by atoms with Gasteiger partial charge in [0.2, 0.25) is 0 Å². The summed E-state index contributed by atoms with van der Waals surface area (Å²) in [5.41, 5.74) is 6.53. The number of carboxylic acids is 1. The monoisotopic (exact) mass is 466 g/mol. The SMILES string of the molecule is Cc1ccc(C2=CC=C(c3cc4nc(Oc5ccc(C)c(C(=O)O)c5)[nH]c4cc3F)CC=C2)cc1. The molecular formula is C29H23FN2O3. The Bertz CT molecular complexity index is 1540. The Balaban J connectivity index is 1.45. The number of ether oxygens (including phenoxy) is 1. The van der Waals surface area contributed by atoms with Gasteiger partial charge in [-0.15, -0.1) is 0 Å². The average Bonchev–Trinajstić information content (AvgIpc) is 3.05. The molecule has 4 aromatic rings. The van der Waals surface area contributed by atoms with Crippen LogP contribution in [0.25, 0.3) is 22.2 Å². The Morgan fingerprint density at radius 2 is 1.86 bits per heavy atom. The molecule has 1 aromatic heterocycles. The number of hydrogen-bond donors (Lipinski definition) is 2. The number of aromatic amines is 1. The highest BCUT2D eigenvalue weighted by Crippen LogP contribution is 2.31. The fourth-order valence-electron chi connectivity index (χ4n) is 4.07. The van der Waals surface area contributed by atoms with Crippen molar-refractivity contribution in [2.24, 2.45) is 0 Å². The summed E-state index contributed by atoms with van der Waals surface area (Å²) in [5.74, 6) is -1.06. The van der Waals surface area contributed by atoms with Crippen LogP contribution >= 0.6 is 0 Å². The van der Waals surface area contributed by atoms with Crippen molar-refractivity contribution in [3.8, 4) is 11.8 Å². The molecule has 1 aliphatic carbocycles. The fourth-order valence-corrected chi connectivity index (χ4v) is 4.07. The molecule has 0 amide bonds. The summed E-state index contributed by atoms with van der Waals surface area (Å²) in [6.07, 6.45) is 8.62. The minimum absolute atomic E-state index is 0.151. The van der Waals surface area contributed by atoms with Crippen LogP contribution in [0.5, 0.6) is 11.8 Å². The van der Waals surface area contributed by atoms with E-state index in [-0.39, 0.29) is 17.4 Å². The van der Waals surface area contributed by atoms with Gasteiger partial charge in [-0.05, 0) is 60.7 Å². The Hall–Kier alpha value is -4.45. The minimum atomic E-state index is -1.03. The molecule has 174 valence electrons. The van der Waals surface area contributed by atoms with Gasteiger partial charge < -0.3 is 14.8 Å². The largest absolute Gasteiger partial charge is 0.478 e. The number of aromatic carboxylic acids is 1. The highest BCUT2D eigenvalue weighted by molar-refractivity contribution is 5.90. The van der Waals surface area contributed by atoms with E-state index in [4.69, 9.17) is 4.74 Å². The van der Waals surface area contributed by atoms with Crippen LogP contribution < -0.4 is 4.74 Å². The average molecular weight is 467 g/mol. The van der Waals surface area contributed by atoms with Gasteiger partial charge in [0, 0.05) is 11.6 Å². The number of halogens is 1. The summed E-state index contributed by atoms with van der Waals surface area (Å²) in [6, 6.07) is 16.4. The van der Waals surface area contributed by atoms with Crippen LogP contribution in [0.2, 0.25) is 0 Å². The smallest absolute Gasteiger partial charge is 0.336 e. The maximum Gasteiger partial charge on any atom is 0.336 e. The Morgan fingerprint density at radius 3 is 2.63 bits per heavy atom. The molecule has 0 atom stereocenters. The Labute approximate surface area is 201 Å². The molecule has 0 unspecified atom stereocenters. The first-order valence-electron chi connectivity index (χ1n) is 11.2. The second kappa shape index (κ2) is 9.06. The molecule has 0 spiro atoms. The zero-order valence-electron chi connectivity index (χ0n) is 19.3. The third-order valence-electron chi connectivity index (χ3n) is 6.03. The van der Waals surface area contributed by atoms with Crippen molar-refractivity contribution < 1.29 is 19.0 Å². The summed E-state index contributed by atoms with van der Waals surface area (Å²) in [7, 11) is 0. The number of carboxylic acid groups (broad SMARTS) is 1. The molecule has 1 heterocycles. The summed E-state index contributed by atoms with van der Waals surface area (Å²) < 4.78 is 20.8. The van der Waals surface area contributed by atoms with Gasteiger partial charge in [-0.25, -0.2) is 9.18 Å². The highest BCUT2D eigenvalue weighted by atomic mass is 19.1. The predicted octanol–water partition coefficient (Wildman–Crippen LogP) is 7.24. The number of imidazole rings is 1. The lowest BCUT2D eigenvalue weighted by Gasteiger charge is -2.05. The number of benzene rings is 3. The van der Waals surface area contributed by atoms with E-state index in [9.17, 15) is 9.90 Å². The van der Waals surface area contributed by atoms with Crippen molar-refractivity contribution in [2.45, 2.75) is 20.3 Å². The van der Waals surface area contributed by atoms with Crippen molar-refractivity contribution in [1.82, 2.24) is 9.97 Å². The van der Waals surface area contributed by atoms with E-state index in [0.717, 1.165) is 16.7 Å². The number of rotatable bonds is 5. The lowest BCUT2D eigenvalue weighted by molar-refractivity contribution is 0.0695. The van der Waals surface area contributed by atoms with E-state index in [1.807, 2.05) is 18.2 Å². The number of carbonyl (C=O) groups is 1. The summed E-state index contributed by atoms with van der Waals surface area (Å²) >= 11 is 0. The summed E-state index contributed by atoms with van der Waals surface area (Å²) in [4.78, 5) is 18.8. The lowest BCUT2D eigenvalue weighted by atomic mass is 10.0. The van der Waals surface area contributed by atoms with Crippen molar-refractivity contribution in [1.29, 1.82) is 0 Å². The van der Waals surface area contributed by atoms with Gasteiger partial charge in [0.15, 0.2) is 0 Å². The number of hydrogen-bond acceptors (Lipinski definition) is 3. The van der Waals surface area contributed by atoms with Crippen LogP contribution in [0.3, 0.4) is 0 Å². The number of fused-ring (bicyclic) bond motifs is 1. The first-order valence-corrected chi connectivity index (χ1v) is 11.2. The summed E-state index contributed by atoms with van der Waals surface area (Å²) in [5, 5.41) is 9.33. The molecule has 6 heteroatoms. The van der Waals surface area contributed by atoms with Crippen LogP contribution in [0.4, 0.5) is 4.39 Å². The number of aryl methyl sites for hydroxylation is 2. The maximum absolute atomic E-state index is 15.1. The van der Waals surface area contributed by atoms with E-state index in [2.05, 4.69) is 47.2 Å². The number of H-pyrrole nitrogens is 1. The number of nitrogens with one attached hydrogen (secondary N) is 1. The molecule has 35 heavy (non-hydrogen) atoms. The minimum Gasteiger partial charge on any atom is -0.478 e. The van der Waals surface area contributed by atoms with Crippen molar-refractivity contribution in [3.63, 3.8) is 0 Å². The van der Waals surface area contributed by atoms with Gasteiger partial charge in [-0.2, -0.15) is 4.98 Å². The predicted molar refractivity (Wildman–Crippen MR) is 135 cm³/mol. The first kappa shape index (κ1) is 22.3. The second-order valence-electron chi connectivity index (χ2n) is 8.56. The maximum atomic E-state index is 15.1. The van der Waals surface area contributed by atoms with Crippen LogP contribution in [0, 0.1) is 19.7 Å². The molecule has 0 fully saturated rings. The molecule has 0 saturated carbocycles. The fraction of sp³-hybridized carbons (Fsp3) is 0.103. The molecular weight excluding hydrogens is 443 g/mol. The van der Waals surface area contributed by atoms with Crippen LogP contribution in [0.1, 0.15) is 39.0 Å². The van der Waals surface area contributed by atoms with E-state index in [1.165, 1.54) is 17.7 Å². The first-order chi connectivity index (χ1) is 16.9. The third kappa shape index (κ3) is 4.64. The molecule has 5 rings (SSSR count). The molecule has 2 N–H and O–H groups in total. The number of allylic oxidation sites excluding steroid dienone is 6. The van der Waals surface area contributed by atoms with Gasteiger partial charge in [0.1, 0.15) is 11.6 Å². The van der Waals surface area contributed by atoms with Crippen LogP contribution in [-0.2, 0) is 0 Å². The van der Waals surface area contributed by atoms with Crippen LogP contribution in [0.15, 0.2) is 78.9 Å². The summed E-state index contributed by atoms with van der Waals surface area (Å²) in [6.45, 7) is 3.77. The van der Waals surface area contributed by atoms with E-state index < -0.39 is 5.97 Å². The highest BCUT2D eigenvalue weighted by Gasteiger charge is 2.15. The number of aromatic nitrogens is 2. The van der Waals surface area contributed by atoms with E-state index >= 15 is 4.39 Å². The number of nitrogens with zero attached hydrogens (tertiary/aromatic N) is 1. The molecule has 5 nitrogen and oxygen atoms in total. The van der Waals surface area contributed by atoms with Crippen LogP contribution in [-0.4, -0.2) is 21.0 Å². The lowest BCUT2D eigenvalue weighted by Crippen LogP contribution is -2.00. The van der Waals surface area contributed by atoms with Crippen molar-refractivity contribution in [2.75, 3.05) is 0 Å². The van der Waals surface area contributed by atoms with Gasteiger partial charge >= 0.3 is 5.97 Å². The molecule has 0 aliphatic heterocycles. The second-order valence-corrected chi connectivity index (χ2v) is 8.56. The quantitative estimate of drug-likeness (QED) is 0.325. The molecule has 0 radical (unpaired) electrons. The van der Waals surface area contributed by atoms with Gasteiger partial charge in [-0.3, -0.25) is 0 Å². The normalized spacial score (nSPS) is 13.3. The zero-order valence-corrected chi connectivity index (χ0v) is 19.3. The van der Waals surface area contributed by atoms with Gasteiger partial charge in [-0.1, -0.05) is 60.2 Å². The molecule has 0 bridgehead atoms. The standard InChI is InChI=1S/C29H23FN2O3/c1-17-6-9-20(10-7-17)19-4-3-5-21(12-11-19)24-15-26-27(16-25(24)30)32-29(31-26)35-22-13-8-18(2)23(14-22)28(33)34/h3-4,6-16H,5H2,1-2H3,(H,31,32)(H,33,34). The van der Waals surface area contributed by atoms with Crippen molar-refractivity contribution >= 4 is 28.1 Å². The Kier molecular flexibility index (Phi) is 5.79. The zero-order chi connectivity index (χ0) is 24.5. The third-order valence-corrected chi connectivity index (χ3v) is 6.03. The van der Waals surface area contributed by atoms with E-state index in [1.54, 1.807) is 25.1 Å². The topological polar surface area (TPSA) is 75.2 Å². The van der Waals surface area contributed by atoms with Gasteiger partial charge in [0.05, 0.1) is 16.6 Å². The van der Waals surface area contributed by atoms with Gasteiger partial charge in [0.25, 0.3) is 6.01 Å². The Morgan fingerprint density at radius 1 is 1.06 bits per heavy atom. The molecule has 0 saturated heterocycles. The van der Waals surface area contributed by atoms with Crippen molar-refractivity contribution in [3.05, 3.63) is 113 Å². The molecule has 3 aromatic carbocycles. The van der Waals surface area contributed by atoms with E-state index in [0.29, 0.717) is 34.3 Å².